The quantitative estimate of drug-likeness (QED) is 0.573. The highest BCUT2D eigenvalue weighted by molar-refractivity contribution is 5.39. The Balaban J connectivity index is 2.29. The van der Waals surface area contributed by atoms with Crippen LogP contribution in [0.1, 0.15) is 36.8 Å². The van der Waals surface area contributed by atoms with E-state index in [4.69, 9.17) is 0 Å². The van der Waals surface area contributed by atoms with Gasteiger partial charge in [0.1, 0.15) is 0 Å². The molecule has 0 fully saturated rings. The Bertz CT molecular complexity index is 658. The number of carbonyl (C=O) groups excluding carboxylic acids is 2. The first-order chi connectivity index (χ1) is 11.2. The molecular formula is C19H18N2O2. The highest BCUT2D eigenvalue weighted by Crippen LogP contribution is 2.32. The van der Waals surface area contributed by atoms with Crippen molar-refractivity contribution in [3.8, 4) is 0 Å². The van der Waals surface area contributed by atoms with Crippen molar-refractivity contribution in [2.24, 2.45) is 9.98 Å². The van der Waals surface area contributed by atoms with Gasteiger partial charge >= 0.3 is 0 Å². The van der Waals surface area contributed by atoms with Gasteiger partial charge in [-0.25, -0.2) is 9.59 Å². The largest absolute Gasteiger partial charge is 0.237 e. The van der Waals surface area contributed by atoms with Gasteiger partial charge < -0.3 is 0 Å². The Hall–Kier alpha value is -2.80. The first kappa shape index (κ1) is 16.6. The van der Waals surface area contributed by atoms with E-state index in [1.165, 1.54) is 23.3 Å². The summed E-state index contributed by atoms with van der Waals surface area (Å²) in [4.78, 5) is 28.5. The molecule has 4 nitrogen and oxygen atoms in total. The minimum Gasteiger partial charge on any atom is -0.211 e. The van der Waals surface area contributed by atoms with Crippen molar-refractivity contribution in [2.45, 2.75) is 31.3 Å². The van der Waals surface area contributed by atoms with Gasteiger partial charge in [0.2, 0.25) is 12.2 Å². The number of rotatable bonds is 7. The van der Waals surface area contributed by atoms with Gasteiger partial charge in [-0.2, -0.15) is 9.98 Å². The van der Waals surface area contributed by atoms with Gasteiger partial charge in [0.05, 0.1) is 0 Å². The van der Waals surface area contributed by atoms with Crippen molar-refractivity contribution in [2.75, 3.05) is 0 Å². The second kappa shape index (κ2) is 8.00. The van der Waals surface area contributed by atoms with Crippen molar-refractivity contribution in [3.05, 3.63) is 71.8 Å². The van der Waals surface area contributed by atoms with E-state index < -0.39 is 5.66 Å². The molecule has 2 rings (SSSR count). The molecule has 4 heteroatoms. The molecular weight excluding hydrogens is 288 g/mol. The fourth-order valence-electron chi connectivity index (χ4n) is 2.65. The second-order valence-corrected chi connectivity index (χ2v) is 5.54. The molecule has 0 N–H and O–H groups in total. The van der Waals surface area contributed by atoms with Gasteiger partial charge in [0.25, 0.3) is 0 Å². The number of aliphatic imine (C=N–C) groups is 2. The van der Waals surface area contributed by atoms with E-state index >= 15 is 0 Å². The van der Waals surface area contributed by atoms with Crippen LogP contribution in [0.3, 0.4) is 0 Å². The smallest absolute Gasteiger partial charge is 0.211 e. The topological polar surface area (TPSA) is 58.9 Å². The van der Waals surface area contributed by atoms with Crippen LogP contribution >= 0.6 is 0 Å². The molecule has 0 saturated carbocycles. The SMILES string of the molecule is CC(CCC(c1ccccc1)c1ccccc1)(N=C=O)N=C=O. The summed E-state index contributed by atoms with van der Waals surface area (Å²) in [6.45, 7) is 1.63. The molecule has 0 aliphatic rings. The van der Waals surface area contributed by atoms with Crippen LogP contribution in [0.2, 0.25) is 0 Å². The van der Waals surface area contributed by atoms with Gasteiger partial charge in [-0.3, -0.25) is 0 Å². The second-order valence-electron chi connectivity index (χ2n) is 5.54. The van der Waals surface area contributed by atoms with E-state index in [9.17, 15) is 9.59 Å². The summed E-state index contributed by atoms with van der Waals surface area (Å²) in [5, 5.41) is 0. The zero-order valence-corrected chi connectivity index (χ0v) is 13.0. The Kier molecular flexibility index (Phi) is 5.76. The lowest BCUT2D eigenvalue weighted by Crippen LogP contribution is -2.20. The summed E-state index contributed by atoms with van der Waals surface area (Å²) >= 11 is 0. The van der Waals surface area contributed by atoms with Gasteiger partial charge in [-0.05, 0) is 30.9 Å². The van der Waals surface area contributed by atoms with Crippen LogP contribution in [-0.4, -0.2) is 17.8 Å². The minimum absolute atomic E-state index is 0.139. The van der Waals surface area contributed by atoms with Crippen LogP contribution in [0.25, 0.3) is 0 Å². The zero-order valence-electron chi connectivity index (χ0n) is 13.0. The average molecular weight is 306 g/mol. The van der Waals surface area contributed by atoms with Crippen LogP contribution in [0.5, 0.6) is 0 Å². The summed E-state index contributed by atoms with van der Waals surface area (Å²) < 4.78 is 0. The van der Waals surface area contributed by atoms with Crippen LogP contribution < -0.4 is 0 Å². The van der Waals surface area contributed by atoms with Crippen LogP contribution in [-0.2, 0) is 9.59 Å². The number of isocyanates is 2. The first-order valence-electron chi connectivity index (χ1n) is 7.46. The Morgan fingerprint density at radius 3 is 1.70 bits per heavy atom. The third-order valence-electron chi connectivity index (χ3n) is 3.88. The number of hydrogen-bond acceptors (Lipinski definition) is 4. The summed E-state index contributed by atoms with van der Waals surface area (Å²) in [6.07, 6.45) is 4.14. The summed E-state index contributed by atoms with van der Waals surface area (Å²) in [7, 11) is 0. The van der Waals surface area contributed by atoms with E-state index in [2.05, 4.69) is 34.3 Å². The summed E-state index contributed by atoms with van der Waals surface area (Å²) in [5.74, 6) is 0.139. The third-order valence-corrected chi connectivity index (χ3v) is 3.88. The highest BCUT2D eigenvalue weighted by Gasteiger charge is 2.25. The number of nitrogens with zero attached hydrogens (tertiary/aromatic N) is 2. The lowest BCUT2D eigenvalue weighted by Gasteiger charge is -2.22. The van der Waals surface area contributed by atoms with E-state index in [1.807, 2.05) is 36.4 Å². The molecule has 0 spiro atoms. The molecule has 23 heavy (non-hydrogen) atoms. The molecule has 0 aliphatic heterocycles. The van der Waals surface area contributed by atoms with Crippen LogP contribution in [0, 0.1) is 0 Å². The van der Waals surface area contributed by atoms with Gasteiger partial charge in [0.15, 0.2) is 5.66 Å². The number of hydrogen-bond donors (Lipinski definition) is 0. The normalized spacial score (nSPS) is 12.8. The highest BCUT2D eigenvalue weighted by atomic mass is 16.1. The van der Waals surface area contributed by atoms with Gasteiger partial charge in [-0.15, -0.1) is 0 Å². The third kappa shape index (κ3) is 4.58. The standard InChI is InChI=1S/C19H18N2O2/c1-19(20-14-22,21-15-23)13-12-18(16-8-4-2-5-9-16)17-10-6-3-7-11-17/h2-11,18H,12-13H2,1H3. The summed E-state index contributed by atoms with van der Waals surface area (Å²) in [6, 6.07) is 20.2. The van der Waals surface area contributed by atoms with Crippen molar-refractivity contribution in [3.63, 3.8) is 0 Å². The Labute approximate surface area is 135 Å². The van der Waals surface area contributed by atoms with Crippen LogP contribution in [0.15, 0.2) is 70.6 Å². The maximum atomic E-state index is 10.6. The predicted molar refractivity (Wildman–Crippen MR) is 88.6 cm³/mol. The molecule has 0 saturated heterocycles. The molecule has 0 aromatic heterocycles. The molecule has 2 aromatic carbocycles. The Morgan fingerprint density at radius 2 is 1.30 bits per heavy atom. The molecule has 2 aromatic rings. The lowest BCUT2D eigenvalue weighted by atomic mass is 9.85. The zero-order chi connectivity index (χ0) is 16.5. The van der Waals surface area contributed by atoms with Crippen molar-refractivity contribution in [1.29, 1.82) is 0 Å². The minimum atomic E-state index is -1.11. The van der Waals surface area contributed by atoms with E-state index in [0.29, 0.717) is 12.8 Å². The fraction of sp³-hybridized carbons (Fsp3) is 0.263. The first-order valence-corrected chi connectivity index (χ1v) is 7.46. The molecule has 0 radical (unpaired) electrons. The molecule has 0 unspecified atom stereocenters. The molecule has 0 atom stereocenters. The van der Waals surface area contributed by atoms with Crippen molar-refractivity contribution < 1.29 is 9.59 Å². The van der Waals surface area contributed by atoms with E-state index in [-0.39, 0.29) is 5.92 Å². The van der Waals surface area contributed by atoms with E-state index in [1.54, 1.807) is 6.92 Å². The molecule has 0 amide bonds. The van der Waals surface area contributed by atoms with Gasteiger partial charge in [-0.1, -0.05) is 60.7 Å². The Morgan fingerprint density at radius 1 is 0.870 bits per heavy atom. The molecule has 116 valence electrons. The van der Waals surface area contributed by atoms with E-state index in [0.717, 1.165) is 0 Å². The average Bonchev–Trinajstić information content (AvgIpc) is 2.57. The van der Waals surface area contributed by atoms with Crippen LogP contribution in [0.4, 0.5) is 0 Å². The maximum absolute atomic E-state index is 10.6. The fourth-order valence-corrected chi connectivity index (χ4v) is 2.65. The summed E-state index contributed by atoms with van der Waals surface area (Å²) in [5.41, 5.74) is 1.24. The molecule has 0 heterocycles. The monoisotopic (exact) mass is 306 g/mol. The molecule has 0 bridgehead atoms. The lowest BCUT2D eigenvalue weighted by molar-refractivity contribution is 0.420. The van der Waals surface area contributed by atoms with Crippen molar-refractivity contribution in [1.82, 2.24) is 0 Å². The maximum Gasteiger partial charge on any atom is 0.237 e. The van der Waals surface area contributed by atoms with Gasteiger partial charge in [0, 0.05) is 5.92 Å². The van der Waals surface area contributed by atoms with Crippen molar-refractivity contribution >= 4 is 12.2 Å². The predicted octanol–water partition coefficient (Wildman–Crippen LogP) is 3.99. The molecule has 0 aliphatic carbocycles. The number of benzene rings is 2.